The molecule has 0 saturated carbocycles. The Bertz CT molecular complexity index is 620. The van der Waals surface area contributed by atoms with Gasteiger partial charge in [0.05, 0.1) is 17.4 Å². The predicted molar refractivity (Wildman–Crippen MR) is 75.0 cm³/mol. The summed E-state index contributed by atoms with van der Waals surface area (Å²) in [6.45, 7) is 4.25. The average molecular weight is 242 g/mol. The molecule has 0 aliphatic heterocycles. The van der Waals surface area contributed by atoms with Crippen molar-refractivity contribution in [3.05, 3.63) is 35.7 Å². The van der Waals surface area contributed by atoms with Crippen molar-refractivity contribution >= 4 is 16.7 Å². The van der Waals surface area contributed by atoms with E-state index < -0.39 is 0 Å². The summed E-state index contributed by atoms with van der Waals surface area (Å²) >= 11 is 0. The van der Waals surface area contributed by atoms with Crippen molar-refractivity contribution in [2.24, 2.45) is 12.0 Å². The van der Waals surface area contributed by atoms with Gasteiger partial charge in [-0.2, -0.15) is 5.10 Å². The van der Waals surface area contributed by atoms with E-state index >= 15 is 0 Å². The van der Waals surface area contributed by atoms with Crippen LogP contribution in [0.5, 0.6) is 0 Å². The third-order valence-electron chi connectivity index (χ3n) is 3.08. The Morgan fingerprint density at radius 1 is 1.44 bits per heavy atom. The largest absolute Gasteiger partial charge is 0.288 e. The van der Waals surface area contributed by atoms with Gasteiger partial charge < -0.3 is 0 Å². The number of nitrogens with zero attached hydrogens (tertiary/aromatic N) is 4. The fourth-order valence-electron chi connectivity index (χ4n) is 1.78. The van der Waals surface area contributed by atoms with Crippen molar-refractivity contribution in [2.45, 2.75) is 20.3 Å². The Hall–Kier alpha value is -1.97. The number of fused-ring (bicyclic) bond motifs is 1. The molecule has 2 heterocycles. The molecule has 0 aliphatic rings. The Kier molecular flexibility index (Phi) is 3.55. The van der Waals surface area contributed by atoms with E-state index in [0.29, 0.717) is 0 Å². The fraction of sp³-hybridized carbons (Fsp3) is 0.357. The molecule has 2 aromatic heterocycles. The minimum Gasteiger partial charge on any atom is -0.288 e. The quantitative estimate of drug-likeness (QED) is 0.777. The molecule has 0 N–H and O–H groups in total. The second kappa shape index (κ2) is 5.12. The van der Waals surface area contributed by atoms with Gasteiger partial charge in [-0.3, -0.25) is 14.7 Å². The molecule has 0 fully saturated rings. The van der Waals surface area contributed by atoms with Crippen LogP contribution < -0.4 is 0 Å². The molecule has 2 rings (SSSR count). The van der Waals surface area contributed by atoms with E-state index in [0.717, 1.165) is 28.7 Å². The summed E-state index contributed by atoms with van der Waals surface area (Å²) in [5.74, 6) is 0. The van der Waals surface area contributed by atoms with Gasteiger partial charge in [0, 0.05) is 25.9 Å². The second-order valence-electron chi connectivity index (χ2n) is 4.35. The summed E-state index contributed by atoms with van der Waals surface area (Å²) in [5, 5.41) is 4.20. The number of aliphatic imine (C=N–C) groups is 1. The molecule has 4 heteroatoms. The molecule has 0 amide bonds. The van der Waals surface area contributed by atoms with Gasteiger partial charge in [-0.15, -0.1) is 0 Å². The van der Waals surface area contributed by atoms with Crippen LogP contribution in [0.3, 0.4) is 0 Å². The third kappa shape index (κ3) is 2.32. The first-order valence-electron chi connectivity index (χ1n) is 6.07. The van der Waals surface area contributed by atoms with Crippen molar-refractivity contribution < 1.29 is 0 Å². The van der Waals surface area contributed by atoms with Crippen LogP contribution in [0.2, 0.25) is 0 Å². The maximum Gasteiger partial charge on any atom is 0.108 e. The third-order valence-corrected chi connectivity index (χ3v) is 3.08. The summed E-state index contributed by atoms with van der Waals surface area (Å²) in [6.07, 6.45) is 6.76. The summed E-state index contributed by atoms with van der Waals surface area (Å²) < 4.78 is 1.83. The maximum atomic E-state index is 4.41. The normalized spacial score (nSPS) is 13.3. The number of pyridine rings is 1. The lowest BCUT2D eigenvalue weighted by Gasteiger charge is -2.03. The molecule has 94 valence electrons. The first-order chi connectivity index (χ1) is 8.65. The lowest BCUT2D eigenvalue weighted by Crippen LogP contribution is -2.00. The minimum absolute atomic E-state index is 0.910. The van der Waals surface area contributed by atoms with Gasteiger partial charge in [0.1, 0.15) is 5.52 Å². The van der Waals surface area contributed by atoms with Gasteiger partial charge in [-0.1, -0.05) is 12.5 Å². The number of aromatic nitrogens is 3. The molecule has 0 aromatic carbocycles. The summed E-state index contributed by atoms with van der Waals surface area (Å²) in [4.78, 5) is 8.75. The van der Waals surface area contributed by atoms with E-state index in [1.54, 1.807) is 6.20 Å². The van der Waals surface area contributed by atoms with E-state index in [4.69, 9.17) is 0 Å². The van der Waals surface area contributed by atoms with Crippen LogP contribution >= 0.6 is 0 Å². The van der Waals surface area contributed by atoms with Crippen molar-refractivity contribution in [3.8, 4) is 0 Å². The Morgan fingerprint density at radius 3 is 2.89 bits per heavy atom. The van der Waals surface area contributed by atoms with Crippen molar-refractivity contribution in [1.82, 2.24) is 14.8 Å². The van der Waals surface area contributed by atoms with Crippen LogP contribution in [0.1, 0.15) is 25.8 Å². The van der Waals surface area contributed by atoms with Gasteiger partial charge >= 0.3 is 0 Å². The highest BCUT2D eigenvalue weighted by Gasteiger charge is 2.06. The number of rotatable bonds is 3. The number of allylic oxidation sites excluding steroid dienone is 2. The van der Waals surface area contributed by atoms with Gasteiger partial charge in [0.15, 0.2) is 0 Å². The molecule has 0 radical (unpaired) electrons. The zero-order chi connectivity index (χ0) is 13.1. The van der Waals surface area contributed by atoms with E-state index in [1.807, 2.05) is 25.0 Å². The smallest absolute Gasteiger partial charge is 0.108 e. The van der Waals surface area contributed by atoms with Crippen LogP contribution in [-0.2, 0) is 7.05 Å². The highest BCUT2D eigenvalue weighted by molar-refractivity contribution is 6.09. The SMILES string of the molecule is CC/C(C)=C\C(=NC)c1cnc2cnn(C)c2c1. The zero-order valence-corrected chi connectivity index (χ0v) is 11.3. The number of hydrogen-bond donors (Lipinski definition) is 0. The van der Waals surface area contributed by atoms with Crippen LogP contribution in [-0.4, -0.2) is 27.5 Å². The van der Waals surface area contributed by atoms with Gasteiger partial charge in [-0.25, -0.2) is 0 Å². The molecular weight excluding hydrogens is 224 g/mol. The fourth-order valence-corrected chi connectivity index (χ4v) is 1.78. The predicted octanol–water partition coefficient (Wildman–Crippen LogP) is 2.74. The average Bonchev–Trinajstić information content (AvgIpc) is 2.77. The summed E-state index contributed by atoms with van der Waals surface area (Å²) in [5.41, 5.74) is 5.23. The highest BCUT2D eigenvalue weighted by atomic mass is 15.3. The molecule has 0 saturated heterocycles. The molecule has 0 atom stereocenters. The van der Waals surface area contributed by atoms with E-state index in [1.165, 1.54) is 5.57 Å². The molecule has 0 unspecified atom stereocenters. The lowest BCUT2D eigenvalue weighted by molar-refractivity contribution is 0.797. The Balaban J connectivity index is 2.49. The van der Waals surface area contributed by atoms with Crippen molar-refractivity contribution in [2.75, 3.05) is 7.05 Å². The highest BCUT2D eigenvalue weighted by Crippen LogP contribution is 2.14. The topological polar surface area (TPSA) is 43.1 Å². The molecule has 0 bridgehead atoms. The van der Waals surface area contributed by atoms with Gasteiger partial charge in [-0.05, 0) is 25.5 Å². The first kappa shape index (κ1) is 12.5. The molecule has 0 spiro atoms. The monoisotopic (exact) mass is 242 g/mol. The van der Waals surface area contributed by atoms with Crippen molar-refractivity contribution in [3.63, 3.8) is 0 Å². The van der Waals surface area contributed by atoms with Crippen LogP contribution in [0.15, 0.2) is 35.1 Å². The van der Waals surface area contributed by atoms with Gasteiger partial charge in [0.2, 0.25) is 0 Å². The van der Waals surface area contributed by atoms with E-state index in [9.17, 15) is 0 Å². The van der Waals surface area contributed by atoms with Gasteiger partial charge in [0.25, 0.3) is 0 Å². The van der Waals surface area contributed by atoms with E-state index in [2.05, 4.69) is 41.1 Å². The second-order valence-corrected chi connectivity index (χ2v) is 4.35. The Morgan fingerprint density at radius 2 is 2.22 bits per heavy atom. The molecule has 4 nitrogen and oxygen atoms in total. The molecule has 18 heavy (non-hydrogen) atoms. The number of hydrogen-bond acceptors (Lipinski definition) is 3. The zero-order valence-electron chi connectivity index (χ0n) is 11.3. The lowest BCUT2D eigenvalue weighted by atomic mass is 10.1. The van der Waals surface area contributed by atoms with Crippen LogP contribution in [0.4, 0.5) is 0 Å². The summed E-state index contributed by atoms with van der Waals surface area (Å²) in [7, 11) is 3.73. The molecule has 2 aromatic rings. The van der Waals surface area contributed by atoms with Crippen molar-refractivity contribution in [1.29, 1.82) is 0 Å². The number of aryl methyl sites for hydroxylation is 1. The van der Waals surface area contributed by atoms with Crippen LogP contribution in [0.25, 0.3) is 11.0 Å². The van der Waals surface area contributed by atoms with Crippen LogP contribution in [0, 0.1) is 0 Å². The standard InChI is InChI=1S/C14H18N4/c1-5-10(2)6-12(15-3)11-7-14-13(16-8-11)9-17-18(14)4/h6-9H,5H2,1-4H3/b10-6-,15-12?. The molecular formula is C14H18N4. The maximum absolute atomic E-state index is 4.41. The minimum atomic E-state index is 0.910. The Labute approximate surface area is 107 Å². The van der Waals surface area contributed by atoms with E-state index in [-0.39, 0.29) is 0 Å². The first-order valence-corrected chi connectivity index (χ1v) is 6.07. The summed E-state index contributed by atoms with van der Waals surface area (Å²) in [6, 6.07) is 2.08. The molecule has 0 aliphatic carbocycles.